The Labute approximate surface area is 172 Å². The summed E-state index contributed by atoms with van der Waals surface area (Å²) in [6.45, 7) is 0. The second-order valence-electron chi connectivity index (χ2n) is 6.25. The Kier molecular flexibility index (Phi) is 6.13. The first-order valence-electron chi connectivity index (χ1n) is 8.50. The summed E-state index contributed by atoms with van der Waals surface area (Å²) in [5.41, 5.74) is -4.12. The summed E-state index contributed by atoms with van der Waals surface area (Å²) in [4.78, 5) is -0.189. The van der Waals surface area contributed by atoms with Crippen molar-refractivity contribution >= 4 is 31.8 Å². The SMILES string of the molecule is O=S(=O)(c1ccccc1)C(F)C(O)(/C=C/c1ccccc1)c1ccc(Br)cc1. The first kappa shape index (κ1) is 20.5. The zero-order valence-electron chi connectivity index (χ0n) is 14.7. The van der Waals surface area contributed by atoms with Crippen LogP contribution in [0.2, 0.25) is 0 Å². The molecule has 6 heteroatoms. The molecule has 0 fully saturated rings. The van der Waals surface area contributed by atoms with Crippen LogP contribution >= 0.6 is 15.9 Å². The highest BCUT2D eigenvalue weighted by molar-refractivity contribution is 9.10. The lowest BCUT2D eigenvalue weighted by Crippen LogP contribution is -2.40. The largest absolute Gasteiger partial charge is 0.377 e. The van der Waals surface area contributed by atoms with Crippen LogP contribution in [0.25, 0.3) is 6.08 Å². The van der Waals surface area contributed by atoms with Crippen molar-refractivity contribution in [1.82, 2.24) is 0 Å². The number of hydrogen-bond acceptors (Lipinski definition) is 3. The monoisotopic (exact) mass is 460 g/mol. The molecule has 0 heterocycles. The maximum Gasteiger partial charge on any atom is 0.241 e. The predicted molar refractivity (Wildman–Crippen MR) is 112 cm³/mol. The zero-order chi connectivity index (χ0) is 20.2. The van der Waals surface area contributed by atoms with Crippen LogP contribution in [0.1, 0.15) is 11.1 Å². The third-order valence-electron chi connectivity index (χ3n) is 4.33. The van der Waals surface area contributed by atoms with E-state index in [1.54, 1.807) is 42.5 Å². The molecule has 0 saturated carbocycles. The van der Waals surface area contributed by atoms with Crippen molar-refractivity contribution in [3.05, 3.63) is 107 Å². The van der Waals surface area contributed by atoms with E-state index in [0.29, 0.717) is 5.56 Å². The zero-order valence-corrected chi connectivity index (χ0v) is 17.1. The number of halogens is 2. The Morgan fingerprint density at radius 3 is 2.00 bits per heavy atom. The van der Waals surface area contributed by atoms with Gasteiger partial charge >= 0.3 is 0 Å². The fourth-order valence-electron chi connectivity index (χ4n) is 2.77. The molecule has 1 N–H and O–H groups in total. The fourth-order valence-corrected chi connectivity index (χ4v) is 4.50. The van der Waals surface area contributed by atoms with Crippen LogP contribution < -0.4 is 0 Å². The lowest BCUT2D eigenvalue weighted by atomic mass is 9.93. The Morgan fingerprint density at radius 1 is 0.893 bits per heavy atom. The van der Waals surface area contributed by atoms with E-state index < -0.39 is 20.9 Å². The number of hydrogen-bond donors (Lipinski definition) is 1. The standard InChI is InChI=1S/C22H18BrFO3S/c23-19-13-11-18(12-14-19)22(25,16-15-17-7-3-1-4-8-17)21(24)28(26,27)20-9-5-2-6-10-20/h1-16,21,25H/b16-15+. The van der Waals surface area contributed by atoms with Crippen LogP contribution in [0.15, 0.2) is 100 Å². The van der Waals surface area contributed by atoms with Crippen LogP contribution in [0.3, 0.4) is 0 Å². The van der Waals surface area contributed by atoms with Crippen molar-refractivity contribution in [3.8, 4) is 0 Å². The molecule has 0 radical (unpaired) electrons. The average molecular weight is 461 g/mol. The van der Waals surface area contributed by atoms with E-state index in [9.17, 15) is 13.5 Å². The summed E-state index contributed by atoms with van der Waals surface area (Å²) < 4.78 is 41.9. The molecule has 0 spiro atoms. The molecule has 3 rings (SSSR count). The lowest BCUT2D eigenvalue weighted by molar-refractivity contribution is 0.0399. The van der Waals surface area contributed by atoms with Crippen molar-refractivity contribution in [3.63, 3.8) is 0 Å². The summed E-state index contributed by atoms with van der Waals surface area (Å²) >= 11 is 3.29. The molecule has 2 unspecified atom stereocenters. The van der Waals surface area contributed by atoms with Gasteiger partial charge in [-0.15, -0.1) is 0 Å². The van der Waals surface area contributed by atoms with E-state index in [2.05, 4.69) is 15.9 Å². The smallest absolute Gasteiger partial charge is 0.241 e. The highest BCUT2D eigenvalue weighted by Gasteiger charge is 2.46. The molecule has 144 valence electrons. The van der Waals surface area contributed by atoms with Gasteiger partial charge in [0.15, 0.2) is 5.60 Å². The minimum Gasteiger partial charge on any atom is -0.377 e. The van der Waals surface area contributed by atoms with Crippen molar-refractivity contribution in [2.75, 3.05) is 0 Å². The molecule has 28 heavy (non-hydrogen) atoms. The van der Waals surface area contributed by atoms with Crippen LogP contribution in [0.5, 0.6) is 0 Å². The maximum absolute atomic E-state index is 15.5. The first-order chi connectivity index (χ1) is 13.3. The number of aliphatic hydroxyl groups is 1. The maximum atomic E-state index is 15.5. The van der Waals surface area contributed by atoms with Crippen molar-refractivity contribution in [1.29, 1.82) is 0 Å². The minimum absolute atomic E-state index is 0.134. The van der Waals surface area contributed by atoms with E-state index in [0.717, 1.165) is 4.47 Å². The Morgan fingerprint density at radius 2 is 1.43 bits per heavy atom. The Bertz CT molecular complexity index is 1050. The fraction of sp³-hybridized carbons (Fsp3) is 0.0909. The number of sulfone groups is 1. The van der Waals surface area contributed by atoms with E-state index in [1.165, 1.54) is 48.6 Å². The number of alkyl halides is 1. The molecule has 3 aromatic carbocycles. The lowest BCUT2D eigenvalue weighted by Gasteiger charge is -2.29. The van der Waals surface area contributed by atoms with Crippen LogP contribution in [-0.2, 0) is 15.4 Å². The molecule has 0 amide bonds. The molecule has 0 bridgehead atoms. The van der Waals surface area contributed by atoms with Crippen molar-refractivity contribution in [2.24, 2.45) is 0 Å². The normalized spacial score (nSPS) is 15.2. The van der Waals surface area contributed by atoms with Crippen molar-refractivity contribution in [2.45, 2.75) is 16.0 Å². The highest BCUT2D eigenvalue weighted by atomic mass is 79.9. The van der Waals surface area contributed by atoms with Gasteiger partial charge in [0.1, 0.15) is 0 Å². The van der Waals surface area contributed by atoms with E-state index in [-0.39, 0.29) is 10.5 Å². The summed E-state index contributed by atoms with van der Waals surface area (Å²) in [5.74, 6) is 0. The van der Waals surface area contributed by atoms with Gasteiger partial charge in [0, 0.05) is 4.47 Å². The molecule has 3 aromatic rings. The third-order valence-corrected chi connectivity index (χ3v) is 6.69. The molecular weight excluding hydrogens is 443 g/mol. The average Bonchev–Trinajstić information content (AvgIpc) is 2.73. The number of benzene rings is 3. The molecule has 0 saturated heterocycles. The molecule has 0 aromatic heterocycles. The molecule has 3 nitrogen and oxygen atoms in total. The number of rotatable bonds is 6. The second kappa shape index (κ2) is 8.39. The van der Waals surface area contributed by atoms with Crippen LogP contribution in [0, 0.1) is 0 Å². The van der Waals surface area contributed by atoms with E-state index in [1.807, 2.05) is 6.07 Å². The van der Waals surface area contributed by atoms with Crippen LogP contribution in [0.4, 0.5) is 4.39 Å². The van der Waals surface area contributed by atoms with Gasteiger partial charge < -0.3 is 5.11 Å². The van der Waals surface area contributed by atoms with Gasteiger partial charge in [-0.1, -0.05) is 82.7 Å². The van der Waals surface area contributed by atoms with Crippen LogP contribution in [-0.4, -0.2) is 19.0 Å². The predicted octanol–water partition coefficient (Wildman–Crippen LogP) is 5.12. The van der Waals surface area contributed by atoms with Gasteiger partial charge in [0.25, 0.3) is 0 Å². The van der Waals surface area contributed by atoms with Gasteiger partial charge in [-0.3, -0.25) is 0 Å². The third kappa shape index (κ3) is 4.24. The Balaban J connectivity index is 2.10. The summed E-state index contributed by atoms with van der Waals surface area (Å²) in [5, 5.41) is 11.2. The Hall–Kier alpha value is -2.28. The summed E-state index contributed by atoms with van der Waals surface area (Å²) in [6.07, 6.45) is 2.70. The molecule has 0 aliphatic carbocycles. The van der Waals surface area contributed by atoms with E-state index in [4.69, 9.17) is 0 Å². The van der Waals surface area contributed by atoms with Gasteiger partial charge in [-0.05, 0) is 41.5 Å². The van der Waals surface area contributed by atoms with Gasteiger partial charge in [0.05, 0.1) is 4.90 Å². The molecule has 0 aliphatic heterocycles. The summed E-state index contributed by atoms with van der Waals surface area (Å²) in [7, 11) is -4.44. The minimum atomic E-state index is -4.44. The molecule has 2 atom stereocenters. The molecular formula is C22H18BrFO3S. The quantitative estimate of drug-likeness (QED) is 0.555. The topological polar surface area (TPSA) is 54.4 Å². The van der Waals surface area contributed by atoms with Gasteiger partial charge in [-0.2, -0.15) is 0 Å². The summed E-state index contributed by atoms with van der Waals surface area (Å²) in [6, 6.07) is 22.5. The van der Waals surface area contributed by atoms with Gasteiger partial charge in [0.2, 0.25) is 15.3 Å². The van der Waals surface area contributed by atoms with Crippen molar-refractivity contribution < 1.29 is 17.9 Å². The highest BCUT2D eigenvalue weighted by Crippen LogP contribution is 2.36. The molecule has 0 aliphatic rings. The second-order valence-corrected chi connectivity index (χ2v) is 9.14. The van der Waals surface area contributed by atoms with E-state index >= 15 is 4.39 Å². The first-order valence-corrected chi connectivity index (χ1v) is 10.8. The van der Waals surface area contributed by atoms with Gasteiger partial charge in [-0.25, -0.2) is 12.8 Å².